The van der Waals surface area contributed by atoms with Gasteiger partial charge in [0.1, 0.15) is 12.2 Å². The third kappa shape index (κ3) is 5.17. The molecular weight excluding hydrogens is 280 g/mol. The van der Waals surface area contributed by atoms with Crippen LogP contribution in [0.4, 0.5) is 0 Å². The normalized spacial score (nSPS) is 12.3. The van der Waals surface area contributed by atoms with Crippen LogP contribution in [-0.4, -0.2) is 0 Å². The summed E-state index contributed by atoms with van der Waals surface area (Å²) in [5, 5.41) is 0. The molecule has 0 heterocycles. The van der Waals surface area contributed by atoms with Crippen LogP contribution in [0.25, 0.3) is 0 Å². The van der Waals surface area contributed by atoms with Gasteiger partial charge in [0.15, 0.2) is 0 Å². The van der Waals surface area contributed by atoms with Crippen LogP contribution >= 0.6 is 0 Å². The quantitative estimate of drug-likeness (QED) is 0.421. The lowest BCUT2D eigenvalue weighted by molar-refractivity contribution is 0.185. The molecule has 1 unspecified atom stereocenters. The van der Waals surface area contributed by atoms with Gasteiger partial charge in [-0.3, -0.25) is 0 Å². The molecule has 0 spiro atoms. The van der Waals surface area contributed by atoms with Gasteiger partial charge in [0.25, 0.3) is 0 Å². The van der Waals surface area contributed by atoms with Gasteiger partial charge < -0.3 is 4.74 Å². The van der Waals surface area contributed by atoms with E-state index in [1.54, 1.807) is 6.08 Å². The summed E-state index contributed by atoms with van der Waals surface area (Å²) in [5.74, 6) is 4.43. The Hall–Kier alpha value is -1.68. The standard InChI is InChI=1S/C22H32O/c1-9-10-11-12-23-18(8)22-20(16(4)5)13-19(15(2)3)14-21(22)17(6)7/h9,13-18H,1,10H2,2-8H3. The molecule has 1 aromatic carbocycles. The summed E-state index contributed by atoms with van der Waals surface area (Å²) in [6.45, 7) is 19.3. The maximum absolute atomic E-state index is 5.80. The van der Waals surface area contributed by atoms with Crippen molar-refractivity contribution < 1.29 is 4.74 Å². The van der Waals surface area contributed by atoms with Crippen molar-refractivity contribution in [2.75, 3.05) is 0 Å². The molecule has 0 amide bonds. The molecular formula is C22H32O. The van der Waals surface area contributed by atoms with Crippen LogP contribution in [-0.2, 0) is 4.74 Å². The van der Waals surface area contributed by atoms with Gasteiger partial charge in [0.2, 0.25) is 0 Å². The van der Waals surface area contributed by atoms with E-state index in [9.17, 15) is 0 Å². The van der Waals surface area contributed by atoms with Gasteiger partial charge in [0, 0.05) is 12.0 Å². The molecule has 0 radical (unpaired) electrons. The van der Waals surface area contributed by atoms with Gasteiger partial charge in [-0.05, 0) is 41.4 Å². The number of rotatable bonds is 6. The molecule has 1 heteroatoms. The van der Waals surface area contributed by atoms with E-state index in [-0.39, 0.29) is 6.10 Å². The second-order valence-electron chi connectivity index (χ2n) is 7.11. The van der Waals surface area contributed by atoms with E-state index in [4.69, 9.17) is 4.74 Å². The summed E-state index contributed by atoms with van der Waals surface area (Å²) in [4.78, 5) is 0. The van der Waals surface area contributed by atoms with E-state index in [1.807, 2.05) is 0 Å². The molecule has 0 saturated carbocycles. The first-order valence-electron chi connectivity index (χ1n) is 8.71. The van der Waals surface area contributed by atoms with Crippen molar-refractivity contribution in [1.82, 2.24) is 0 Å². The lowest BCUT2D eigenvalue weighted by Gasteiger charge is -2.25. The Bertz CT molecular complexity index is 553. The lowest BCUT2D eigenvalue weighted by atomic mass is 9.82. The van der Waals surface area contributed by atoms with E-state index < -0.39 is 0 Å². The molecule has 126 valence electrons. The summed E-state index contributed by atoms with van der Waals surface area (Å²) >= 11 is 0. The maximum Gasteiger partial charge on any atom is 0.133 e. The monoisotopic (exact) mass is 312 g/mol. The molecule has 23 heavy (non-hydrogen) atoms. The molecule has 0 fully saturated rings. The molecule has 0 aromatic heterocycles. The van der Waals surface area contributed by atoms with Gasteiger partial charge in [-0.2, -0.15) is 0 Å². The van der Waals surface area contributed by atoms with E-state index >= 15 is 0 Å². The Morgan fingerprint density at radius 1 is 0.957 bits per heavy atom. The smallest absolute Gasteiger partial charge is 0.133 e. The van der Waals surface area contributed by atoms with Crippen LogP contribution in [0.2, 0.25) is 0 Å². The molecule has 1 rings (SSSR count). The minimum atomic E-state index is -0.0247. The van der Waals surface area contributed by atoms with Crippen LogP contribution in [0, 0.1) is 12.0 Å². The highest BCUT2D eigenvalue weighted by Crippen LogP contribution is 2.36. The summed E-state index contributed by atoms with van der Waals surface area (Å²) in [6, 6.07) is 4.71. The first-order chi connectivity index (χ1) is 10.8. The van der Waals surface area contributed by atoms with Crippen molar-refractivity contribution >= 4 is 0 Å². The number of hydrogen-bond acceptors (Lipinski definition) is 1. The average Bonchev–Trinajstić information content (AvgIpc) is 2.49. The Kier molecular flexibility index (Phi) is 7.43. The Balaban J connectivity index is 3.37. The van der Waals surface area contributed by atoms with Crippen LogP contribution in [0.3, 0.4) is 0 Å². The van der Waals surface area contributed by atoms with E-state index in [0.29, 0.717) is 24.2 Å². The predicted molar refractivity (Wildman–Crippen MR) is 101 cm³/mol. The van der Waals surface area contributed by atoms with Crippen LogP contribution in [0.1, 0.15) is 101 Å². The largest absolute Gasteiger partial charge is 0.439 e. The Labute approximate surface area is 143 Å². The fourth-order valence-electron chi connectivity index (χ4n) is 2.78. The average molecular weight is 312 g/mol. The lowest BCUT2D eigenvalue weighted by Crippen LogP contribution is -2.10. The predicted octanol–water partition coefficient (Wildman–Crippen LogP) is 6.67. The second kappa shape index (κ2) is 8.82. The van der Waals surface area contributed by atoms with E-state index in [2.05, 4.69) is 79.2 Å². The molecule has 0 N–H and O–H groups in total. The highest BCUT2D eigenvalue weighted by molar-refractivity contribution is 5.45. The van der Waals surface area contributed by atoms with Gasteiger partial charge in [0.05, 0.1) is 0 Å². The summed E-state index contributed by atoms with van der Waals surface area (Å²) in [6.07, 6.45) is 5.26. The van der Waals surface area contributed by atoms with Gasteiger partial charge >= 0.3 is 0 Å². The molecule has 1 aromatic rings. The summed E-state index contributed by atoms with van der Waals surface area (Å²) < 4.78 is 5.80. The molecule has 0 aliphatic rings. The highest BCUT2D eigenvalue weighted by atomic mass is 16.5. The minimum Gasteiger partial charge on any atom is -0.439 e. The van der Waals surface area contributed by atoms with Crippen molar-refractivity contribution in [2.24, 2.45) is 0 Å². The molecule has 0 aliphatic carbocycles. The minimum absolute atomic E-state index is 0.0247. The zero-order valence-corrected chi connectivity index (χ0v) is 15.9. The van der Waals surface area contributed by atoms with Crippen LogP contribution in [0.5, 0.6) is 0 Å². The maximum atomic E-state index is 5.80. The zero-order valence-electron chi connectivity index (χ0n) is 15.9. The molecule has 1 atom stereocenters. The van der Waals surface area contributed by atoms with E-state index in [1.165, 1.54) is 22.3 Å². The molecule has 0 aliphatic heterocycles. The molecule has 1 nitrogen and oxygen atoms in total. The first-order valence-corrected chi connectivity index (χ1v) is 8.71. The third-order valence-electron chi connectivity index (χ3n) is 4.14. The zero-order chi connectivity index (χ0) is 17.6. The fraction of sp³-hybridized carbons (Fsp3) is 0.545. The van der Waals surface area contributed by atoms with Crippen molar-refractivity contribution in [3.05, 3.63) is 47.0 Å². The molecule has 0 bridgehead atoms. The van der Waals surface area contributed by atoms with Gasteiger partial charge in [-0.1, -0.05) is 65.7 Å². The van der Waals surface area contributed by atoms with Crippen LogP contribution in [0.15, 0.2) is 24.8 Å². The van der Waals surface area contributed by atoms with Crippen molar-refractivity contribution in [3.8, 4) is 12.0 Å². The van der Waals surface area contributed by atoms with Crippen LogP contribution < -0.4 is 0 Å². The van der Waals surface area contributed by atoms with Gasteiger partial charge in [-0.15, -0.1) is 6.58 Å². The number of allylic oxidation sites excluding steroid dienone is 1. The summed E-state index contributed by atoms with van der Waals surface area (Å²) in [5.41, 5.74) is 5.49. The van der Waals surface area contributed by atoms with E-state index in [0.717, 1.165) is 0 Å². The Morgan fingerprint density at radius 2 is 1.48 bits per heavy atom. The number of ether oxygens (including phenoxy) is 1. The van der Waals surface area contributed by atoms with Crippen molar-refractivity contribution in [1.29, 1.82) is 0 Å². The van der Waals surface area contributed by atoms with Crippen molar-refractivity contribution in [2.45, 2.75) is 78.7 Å². The third-order valence-corrected chi connectivity index (χ3v) is 4.14. The topological polar surface area (TPSA) is 9.23 Å². The number of benzene rings is 1. The number of hydrogen-bond donors (Lipinski definition) is 0. The van der Waals surface area contributed by atoms with Crippen molar-refractivity contribution in [3.63, 3.8) is 0 Å². The second-order valence-corrected chi connectivity index (χ2v) is 7.11. The molecule has 0 saturated heterocycles. The first kappa shape index (κ1) is 19.4. The summed E-state index contributed by atoms with van der Waals surface area (Å²) in [7, 11) is 0. The Morgan fingerprint density at radius 3 is 1.87 bits per heavy atom. The SMILES string of the molecule is C=CCC#COC(C)c1c(C(C)C)cc(C(C)C)cc1C(C)C. The van der Waals surface area contributed by atoms with Gasteiger partial charge in [-0.25, -0.2) is 0 Å². The highest BCUT2D eigenvalue weighted by Gasteiger charge is 2.21. The fourth-order valence-corrected chi connectivity index (χ4v) is 2.78.